The standard InChI is InChI=1S/C10H14F3N5O2/c1-18-4-5(20-2)3-6(18)7(19)14-9-15-8(16-17-9)10(11,12)13/h5-6H,3-4H2,1-2H3,(H2,14,15,16,17,19)/t5-,6-/m0/s1. The number of likely N-dealkylation sites (N-methyl/N-ethyl adjacent to an activating group) is 1. The molecular formula is C10H14F3N5O2. The second-order valence-electron chi connectivity index (χ2n) is 4.54. The minimum absolute atomic E-state index is 0.0753. The Kier molecular flexibility index (Phi) is 3.95. The van der Waals surface area contributed by atoms with Crippen LogP contribution in [0.2, 0.25) is 0 Å². The number of ether oxygens (including phenoxy) is 1. The van der Waals surface area contributed by atoms with Crippen LogP contribution >= 0.6 is 0 Å². The molecule has 1 amide bonds. The van der Waals surface area contributed by atoms with Gasteiger partial charge in [-0.05, 0) is 13.5 Å². The van der Waals surface area contributed by atoms with Crippen molar-refractivity contribution < 1.29 is 22.7 Å². The number of hydrogen-bond donors (Lipinski definition) is 2. The van der Waals surface area contributed by atoms with Gasteiger partial charge in [-0.15, -0.1) is 5.10 Å². The van der Waals surface area contributed by atoms with Crippen LogP contribution in [0.1, 0.15) is 12.2 Å². The molecule has 0 unspecified atom stereocenters. The number of likely N-dealkylation sites (tertiary alicyclic amines) is 1. The lowest BCUT2D eigenvalue weighted by Crippen LogP contribution is -2.37. The fraction of sp³-hybridized carbons (Fsp3) is 0.700. The van der Waals surface area contributed by atoms with Crippen LogP contribution in [-0.4, -0.2) is 58.8 Å². The quantitative estimate of drug-likeness (QED) is 0.847. The number of rotatable bonds is 3. The van der Waals surface area contributed by atoms with Crippen LogP contribution < -0.4 is 5.32 Å². The van der Waals surface area contributed by atoms with Gasteiger partial charge in [0.05, 0.1) is 12.1 Å². The fourth-order valence-corrected chi connectivity index (χ4v) is 2.07. The second-order valence-corrected chi connectivity index (χ2v) is 4.54. The van der Waals surface area contributed by atoms with E-state index in [-0.39, 0.29) is 6.10 Å². The number of nitrogens with one attached hydrogen (secondary N) is 2. The average Bonchev–Trinajstić information content (AvgIpc) is 2.94. The lowest BCUT2D eigenvalue weighted by molar-refractivity contribution is -0.144. The van der Waals surface area contributed by atoms with Gasteiger partial charge in [0.25, 0.3) is 0 Å². The highest BCUT2D eigenvalue weighted by molar-refractivity contribution is 5.93. The number of halogens is 3. The maximum absolute atomic E-state index is 12.3. The lowest BCUT2D eigenvalue weighted by Gasteiger charge is -2.16. The van der Waals surface area contributed by atoms with Gasteiger partial charge in [0.15, 0.2) is 0 Å². The number of amides is 1. The first-order valence-electron chi connectivity index (χ1n) is 5.84. The van der Waals surface area contributed by atoms with Crippen molar-refractivity contribution in [1.29, 1.82) is 0 Å². The molecule has 1 fully saturated rings. The van der Waals surface area contributed by atoms with Gasteiger partial charge in [-0.3, -0.25) is 20.1 Å². The fourth-order valence-electron chi connectivity index (χ4n) is 2.07. The van der Waals surface area contributed by atoms with E-state index in [1.54, 1.807) is 24.2 Å². The smallest absolute Gasteiger partial charge is 0.380 e. The summed E-state index contributed by atoms with van der Waals surface area (Å²) in [6, 6.07) is -0.479. The van der Waals surface area contributed by atoms with Gasteiger partial charge in [0, 0.05) is 13.7 Å². The topological polar surface area (TPSA) is 83.1 Å². The summed E-state index contributed by atoms with van der Waals surface area (Å²) in [6.07, 6.45) is -4.23. The van der Waals surface area contributed by atoms with Crippen molar-refractivity contribution in [1.82, 2.24) is 20.1 Å². The molecule has 0 aromatic carbocycles. The number of carbonyl (C=O) groups is 1. The molecule has 2 rings (SSSR count). The summed E-state index contributed by atoms with van der Waals surface area (Å²) in [5, 5.41) is 7.32. The molecule has 1 saturated heterocycles. The highest BCUT2D eigenvalue weighted by Gasteiger charge is 2.37. The van der Waals surface area contributed by atoms with Gasteiger partial charge in [-0.1, -0.05) is 0 Å². The third kappa shape index (κ3) is 3.07. The van der Waals surface area contributed by atoms with Crippen molar-refractivity contribution in [2.75, 3.05) is 26.0 Å². The summed E-state index contributed by atoms with van der Waals surface area (Å²) in [5.74, 6) is -2.10. The normalized spacial score (nSPS) is 24.1. The van der Waals surface area contributed by atoms with Crippen molar-refractivity contribution >= 4 is 11.9 Å². The van der Waals surface area contributed by atoms with E-state index in [1.807, 2.05) is 0 Å². The molecular weight excluding hydrogens is 279 g/mol. The highest BCUT2D eigenvalue weighted by atomic mass is 19.4. The van der Waals surface area contributed by atoms with Gasteiger partial charge in [0.2, 0.25) is 17.7 Å². The molecule has 10 heteroatoms. The molecule has 2 N–H and O–H groups in total. The van der Waals surface area contributed by atoms with Gasteiger partial charge in [0.1, 0.15) is 0 Å². The summed E-state index contributed by atoms with van der Waals surface area (Å²) in [7, 11) is 3.28. The third-order valence-corrected chi connectivity index (χ3v) is 3.13. The Morgan fingerprint density at radius 1 is 1.55 bits per heavy atom. The largest absolute Gasteiger partial charge is 0.451 e. The Hall–Kier alpha value is -1.68. The van der Waals surface area contributed by atoms with E-state index >= 15 is 0 Å². The van der Waals surface area contributed by atoms with E-state index < -0.39 is 29.9 Å². The summed E-state index contributed by atoms with van der Waals surface area (Å²) in [4.78, 5) is 16.9. The Labute approximate surface area is 112 Å². The molecule has 2 heterocycles. The molecule has 0 aliphatic carbocycles. The van der Waals surface area contributed by atoms with Crippen molar-refractivity contribution in [3.05, 3.63) is 5.82 Å². The summed E-state index contributed by atoms with van der Waals surface area (Å²) >= 11 is 0. The molecule has 112 valence electrons. The molecule has 0 saturated carbocycles. The Morgan fingerprint density at radius 3 is 2.75 bits per heavy atom. The number of aromatic nitrogens is 3. The minimum Gasteiger partial charge on any atom is -0.380 e. The molecule has 0 spiro atoms. The first kappa shape index (κ1) is 14.7. The van der Waals surface area contributed by atoms with Gasteiger partial charge in [-0.2, -0.15) is 18.2 Å². The molecule has 1 aliphatic heterocycles. The first-order valence-corrected chi connectivity index (χ1v) is 5.84. The second kappa shape index (κ2) is 5.37. The van der Waals surface area contributed by atoms with Crippen LogP contribution in [0.25, 0.3) is 0 Å². The number of hydrogen-bond acceptors (Lipinski definition) is 5. The molecule has 0 bridgehead atoms. The van der Waals surface area contributed by atoms with Crippen LogP contribution in [0, 0.1) is 0 Å². The van der Waals surface area contributed by atoms with E-state index in [9.17, 15) is 18.0 Å². The summed E-state index contributed by atoms with van der Waals surface area (Å²) in [6.45, 7) is 0.580. The van der Waals surface area contributed by atoms with Crippen LogP contribution in [-0.2, 0) is 15.7 Å². The number of nitrogens with zero attached hydrogens (tertiary/aromatic N) is 3. The van der Waals surface area contributed by atoms with E-state index in [1.165, 1.54) is 0 Å². The van der Waals surface area contributed by atoms with E-state index in [4.69, 9.17) is 4.74 Å². The maximum Gasteiger partial charge on any atom is 0.451 e. The van der Waals surface area contributed by atoms with Crippen LogP contribution in [0.5, 0.6) is 0 Å². The van der Waals surface area contributed by atoms with Gasteiger partial charge >= 0.3 is 6.18 Å². The molecule has 1 aromatic heterocycles. The maximum atomic E-state index is 12.3. The van der Waals surface area contributed by atoms with E-state index in [2.05, 4.69) is 15.4 Å². The van der Waals surface area contributed by atoms with Crippen molar-refractivity contribution in [2.24, 2.45) is 0 Å². The lowest BCUT2D eigenvalue weighted by atomic mass is 10.2. The number of H-pyrrole nitrogens is 1. The number of anilines is 1. The summed E-state index contributed by atoms with van der Waals surface area (Å²) < 4.78 is 42.1. The molecule has 7 nitrogen and oxygen atoms in total. The number of aromatic amines is 1. The number of alkyl halides is 3. The zero-order chi connectivity index (χ0) is 14.9. The average molecular weight is 293 g/mol. The van der Waals surface area contributed by atoms with Crippen molar-refractivity contribution in [3.8, 4) is 0 Å². The summed E-state index contributed by atoms with van der Waals surface area (Å²) in [5.41, 5.74) is 0. The zero-order valence-electron chi connectivity index (χ0n) is 10.9. The Bertz CT molecular complexity index is 489. The van der Waals surface area contributed by atoms with Crippen LogP contribution in [0.3, 0.4) is 0 Å². The molecule has 2 atom stereocenters. The van der Waals surface area contributed by atoms with Crippen molar-refractivity contribution in [3.63, 3.8) is 0 Å². The number of carbonyl (C=O) groups excluding carboxylic acids is 1. The van der Waals surface area contributed by atoms with Crippen molar-refractivity contribution in [2.45, 2.75) is 24.7 Å². The molecule has 1 aliphatic rings. The SMILES string of the molecule is CO[C@H]1C[C@@H](C(=O)Nc2n[nH]c(C(F)(F)F)n2)N(C)C1. The Balaban J connectivity index is 2.00. The predicted octanol–water partition coefficient (Wildman–Crippen LogP) is 0.481. The third-order valence-electron chi connectivity index (χ3n) is 3.13. The molecule has 20 heavy (non-hydrogen) atoms. The Morgan fingerprint density at radius 2 is 2.25 bits per heavy atom. The molecule has 1 aromatic rings. The number of methoxy groups -OCH3 is 1. The van der Waals surface area contributed by atoms with Gasteiger partial charge in [-0.25, -0.2) is 0 Å². The minimum atomic E-state index is -4.62. The highest BCUT2D eigenvalue weighted by Crippen LogP contribution is 2.26. The van der Waals surface area contributed by atoms with E-state index in [0.717, 1.165) is 0 Å². The van der Waals surface area contributed by atoms with Crippen LogP contribution in [0.15, 0.2) is 0 Å². The predicted molar refractivity (Wildman–Crippen MR) is 61.8 cm³/mol. The monoisotopic (exact) mass is 293 g/mol. The first-order chi connectivity index (χ1) is 9.31. The van der Waals surface area contributed by atoms with E-state index in [0.29, 0.717) is 13.0 Å². The van der Waals surface area contributed by atoms with Gasteiger partial charge < -0.3 is 4.74 Å². The van der Waals surface area contributed by atoms with Crippen LogP contribution in [0.4, 0.5) is 19.1 Å². The molecule has 0 radical (unpaired) electrons. The zero-order valence-corrected chi connectivity index (χ0v) is 10.9.